The second-order valence-electron chi connectivity index (χ2n) is 13.3. The molecular weight excluding hydrogens is 550 g/mol. The fourth-order valence-electron chi connectivity index (χ4n) is 8.53. The van der Waals surface area contributed by atoms with Crippen LogP contribution < -0.4 is 20.1 Å². The molecule has 1 atom stereocenters. The Morgan fingerprint density at radius 3 is 2.61 bits per heavy atom. The number of hydrogen-bond donors (Lipinski definition) is 2. The van der Waals surface area contributed by atoms with Crippen molar-refractivity contribution in [2.75, 3.05) is 49.1 Å². The normalized spacial score (nSPS) is 21.5. The number of ether oxygens (including phenoxy) is 1. The number of nitrogens with zero attached hydrogens (tertiary/aromatic N) is 5. The number of aryl methyl sites for hydroxylation is 1. The van der Waals surface area contributed by atoms with Gasteiger partial charge in [0.05, 0.1) is 17.8 Å². The van der Waals surface area contributed by atoms with Gasteiger partial charge in [-0.3, -0.25) is 14.8 Å². The molecule has 4 aliphatic heterocycles. The van der Waals surface area contributed by atoms with E-state index in [0.29, 0.717) is 12.6 Å². The Morgan fingerprint density at radius 2 is 1.82 bits per heavy atom. The van der Waals surface area contributed by atoms with Gasteiger partial charge >= 0.3 is 6.01 Å². The van der Waals surface area contributed by atoms with Gasteiger partial charge in [-0.15, -0.1) is 0 Å². The number of benzene rings is 2. The van der Waals surface area contributed by atoms with E-state index in [0.717, 1.165) is 69.1 Å². The number of H-pyrrole nitrogens is 2. The van der Waals surface area contributed by atoms with Crippen molar-refractivity contribution in [3.63, 3.8) is 0 Å². The average Bonchev–Trinajstić information content (AvgIpc) is 3.79. The molecule has 4 aliphatic rings. The Morgan fingerprint density at radius 1 is 0.977 bits per heavy atom. The van der Waals surface area contributed by atoms with Crippen molar-refractivity contribution < 1.29 is 4.74 Å². The second kappa shape index (κ2) is 11.3. The van der Waals surface area contributed by atoms with E-state index in [2.05, 4.69) is 68.2 Å². The second-order valence-corrected chi connectivity index (χ2v) is 13.3. The molecule has 0 aliphatic carbocycles. The fraction of sp³-hybridized carbons (Fsp3) is 0.514. The first-order valence-corrected chi connectivity index (χ1v) is 16.7. The lowest BCUT2D eigenvalue weighted by molar-refractivity contribution is 0.107. The van der Waals surface area contributed by atoms with Crippen LogP contribution in [0.2, 0.25) is 0 Å². The first-order valence-electron chi connectivity index (χ1n) is 16.7. The highest BCUT2D eigenvalue weighted by Crippen LogP contribution is 2.40. The highest BCUT2D eigenvalue weighted by molar-refractivity contribution is 5.97. The number of nitrogens with one attached hydrogen (secondary N) is 2. The maximum absolute atomic E-state index is 11.9. The third-order valence-corrected chi connectivity index (χ3v) is 10.8. The average molecular weight is 594 g/mol. The molecule has 9 nitrogen and oxygen atoms in total. The van der Waals surface area contributed by atoms with E-state index in [9.17, 15) is 4.79 Å². The number of aromatic amines is 2. The van der Waals surface area contributed by atoms with Crippen LogP contribution in [-0.2, 0) is 19.4 Å². The van der Waals surface area contributed by atoms with Gasteiger partial charge in [-0.2, -0.15) is 9.97 Å². The molecule has 2 aromatic heterocycles. The first-order chi connectivity index (χ1) is 21.6. The van der Waals surface area contributed by atoms with E-state index in [-0.39, 0.29) is 17.0 Å². The third kappa shape index (κ3) is 4.85. The summed E-state index contributed by atoms with van der Waals surface area (Å²) in [7, 11) is 0. The van der Waals surface area contributed by atoms with Crippen LogP contribution in [0.1, 0.15) is 73.9 Å². The third-order valence-electron chi connectivity index (χ3n) is 10.8. The van der Waals surface area contributed by atoms with Crippen molar-refractivity contribution >= 4 is 22.3 Å². The van der Waals surface area contributed by atoms with E-state index < -0.39 is 0 Å². The number of rotatable bonds is 7. The van der Waals surface area contributed by atoms with Crippen LogP contribution in [0.15, 0.2) is 47.3 Å². The van der Waals surface area contributed by atoms with Crippen LogP contribution in [-0.4, -0.2) is 69.9 Å². The summed E-state index contributed by atoms with van der Waals surface area (Å²) in [6.07, 6.45) is 8.87. The quantitative estimate of drug-likeness (QED) is 0.306. The molecule has 0 radical (unpaired) electrons. The smallest absolute Gasteiger partial charge is 0.318 e. The molecule has 0 amide bonds. The molecule has 44 heavy (non-hydrogen) atoms. The largest absolute Gasteiger partial charge is 0.461 e. The molecule has 4 aromatic rings. The van der Waals surface area contributed by atoms with Gasteiger partial charge in [0.25, 0.3) is 5.56 Å². The molecule has 0 saturated carbocycles. The lowest BCUT2D eigenvalue weighted by Crippen LogP contribution is -2.44. The molecule has 2 N–H and O–H groups in total. The Balaban J connectivity index is 1.14. The predicted octanol–water partition coefficient (Wildman–Crippen LogP) is 5.16. The van der Waals surface area contributed by atoms with Gasteiger partial charge in [-0.25, -0.2) is 0 Å². The summed E-state index contributed by atoms with van der Waals surface area (Å²) in [5.74, 6) is 1.27. The summed E-state index contributed by atoms with van der Waals surface area (Å²) in [6, 6.07) is 15.5. The zero-order valence-electron chi connectivity index (χ0n) is 25.8. The molecule has 6 heterocycles. The van der Waals surface area contributed by atoms with Gasteiger partial charge in [0.15, 0.2) is 0 Å². The zero-order valence-corrected chi connectivity index (χ0v) is 25.8. The lowest BCUT2D eigenvalue weighted by atomic mass is 9.94. The maximum Gasteiger partial charge on any atom is 0.318 e. The highest BCUT2D eigenvalue weighted by Gasteiger charge is 2.45. The molecule has 8 rings (SSSR count). The molecule has 1 unspecified atom stereocenters. The zero-order chi connectivity index (χ0) is 29.7. The molecule has 0 spiro atoms. The fourth-order valence-corrected chi connectivity index (χ4v) is 8.53. The standard InChI is InChI=1S/C35H43N7O2/c1-2-24-8-3-9-25-10-4-12-30(32(24)25)40-19-13-27-29(22-40)36-34(44-23-35-14-6-17-42(35)18-7-15-35)37-33(27)41-16-5-11-26(21-41)28-20-31(43)39-38-28/h3-4,8-10,12,20,26H,2,5-7,11,13-19,21-23H2,1H3,(H2,38,39,43). The number of anilines is 2. The summed E-state index contributed by atoms with van der Waals surface area (Å²) in [5.41, 5.74) is 6.04. The predicted molar refractivity (Wildman–Crippen MR) is 174 cm³/mol. The van der Waals surface area contributed by atoms with Gasteiger partial charge in [-0.1, -0.05) is 37.3 Å². The van der Waals surface area contributed by atoms with Gasteiger partial charge in [0.1, 0.15) is 12.4 Å². The van der Waals surface area contributed by atoms with Crippen molar-refractivity contribution in [3.05, 3.63) is 75.3 Å². The number of hydrogen-bond acceptors (Lipinski definition) is 7. The Kier molecular flexibility index (Phi) is 7.08. The summed E-state index contributed by atoms with van der Waals surface area (Å²) < 4.78 is 6.59. The van der Waals surface area contributed by atoms with Crippen molar-refractivity contribution in [3.8, 4) is 6.01 Å². The summed E-state index contributed by atoms with van der Waals surface area (Å²) in [6.45, 7) is 8.67. The van der Waals surface area contributed by atoms with E-state index in [4.69, 9.17) is 14.7 Å². The van der Waals surface area contributed by atoms with Gasteiger partial charge in [0, 0.05) is 53.9 Å². The summed E-state index contributed by atoms with van der Waals surface area (Å²) >= 11 is 0. The van der Waals surface area contributed by atoms with Gasteiger partial charge < -0.3 is 19.6 Å². The minimum Gasteiger partial charge on any atom is -0.461 e. The lowest BCUT2D eigenvalue weighted by Gasteiger charge is -2.37. The monoisotopic (exact) mass is 593 g/mol. The van der Waals surface area contributed by atoms with Gasteiger partial charge in [-0.05, 0) is 81.5 Å². The highest BCUT2D eigenvalue weighted by atomic mass is 16.5. The van der Waals surface area contributed by atoms with Gasteiger partial charge in [0.2, 0.25) is 0 Å². The Labute approximate surface area is 258 Å². The van der Waals surface area contributed by atoms with Crippen LogP contribution in [0.5, 0.6) is 6.01 Å². The molecule has 2 aromatic carbocycles. The number of fused-ring (bicyclic) bond motifs is 3. The van der Waals surface area contributed by atoms with Crippen LogP contribution >= 0.6 is 0 Å². The van der Waals surface area contributed by atoms with Crippen LogP contribution in [0.3, 0.4) is 0 Å². The van der Waals surface area contributed by atoms with Crippen molar-refractivity contribution in [1.82, 2.24) is 25.1 Å². The van der Waals surface area contributed by atoms with Crippen LogP contribution in [0.25, 0.3) is 10.8 Å². The molecule has 3 saturated heterocycles. The van der Waals surface area contributed by atoms with E-state index in [1.54, 1.807) is 6.07 Å². The van der Waals surface area contributed by atoms with Crippen LogP contribution in [0, 0.1) is 0 Å². The van der Waals surface area contributed by atoms with Crippen LogP contribution in [0.4, 0.5) is 11.5 Å². The van der Waals surface area contributed by atoms with E-state index in [1.807, 2.05) is 0 Å². The molecule has 3 fully saturated rings. The summed E-state index contributed by atoms with van der Waals surface area (Å²) in [5, 5.41) is 8.48. The first kappa shape index (κ1) is 27.7. The van der Waals surface area contributed by atoms with E-state index in [1.165, 1.54) is 66.4 Å². The topological polar surface area (TPSA) is 93.4 Å². The SMILES string of the molecule is CCc1cccc2cccc(N3CCc4c(nc(OCC56CCCN5CCC6)nc4N4CCCC(c5cc(=O)[nH][nH]5)C4)C3)c12. The summed E-state index contributed by atoms with van der Waals surface area (Å²) in [4.78, 5) is 29.8. The maximum atomic E-state index is 11.9. The molecular formula is C35H43N7O2. The van der Waals surface area contributed by atoms with Crippen molar-refractivity contribution in [2.45, 2.75) is 76.3 Å². The molecule has 230 valence electrons. The minimum absolute atomic E-state index is 0.0702. The van der Waals surface area contributed by atoms with Crippen molar-refractivity contribution in [1.29, 1.82) is 0 Å². The van der Waals surface area contributed by atoms with Crippen molar-refractivity contribution in [2.24, 2.45) is 0 Å². The Hall–Kier alpha value is -3.85. The Bertz CT molecular complexity index is 1710. The molecule has 9 heteroatoms. The van der Waals surface area contributed by atoms with E-state index >= 15 is 0 Å². The number of aromatic nitrogens is 4. The number of piperidine rings is 1. The molecule has 0 bridgehead atoms. The minimum atomic E-state index is -0.0702.